The highest BCUT2D eigenvalue weighted by molar-refractivity contribution is 6.07. The molecule has 4 heterocycles. The van der Waals surface area contributed by atoms with Gasteiger partial charge in [0.05, 0.1) is 54.2 Å². The van der Waals surface area contributed by atoms with Crippen LogP contribution in [-0.2, 0) is 10.9 Å². The summed E-state index contributed by atoms with van der Waals surface area (Å²) in [7, 11) is 2.00. The molecule has 13 nitrogen and oxygen atoms in total. The van der Waals surface area contributed by atoms with Gasteiger partial charge in [0.15, 0.2) is 5.69 Å². The number of morpholine rings is 1. The predicted octanol–water partition coefficient (Wildman–Crippen LogP) is 2.54. The number of rotatable bonds is 11. The Hall–Kier alpha value is -4.28. The van der Waals surface area contributed by atoms with Crippen molar-refractivity contribution in [3.8, 4) is 11.6 Å². The molecule has 2 amide bonds. The van der Waals surface area contributed by atoms with Crippen LogP contribution in [0.25, 0.3) is 5.69 Å². The van der Waals surface area contributed by atoms with E-state index in [4.69, 9.17) is 9.47 Å². The highest BCUT2D eigenvalue weighted by atomic mass is 19.4. The summed E-state index contributed by atoms with van der Waals surface area (Å²) < 4.78 is 53.8. The summed E-state index contributed by atoms with van der Waals surface area (Å²) in [6, 6.07) is 5.84. The van der Waals surface area contributed by atoms with Gasteiger partial charge in [-0.1, -0.05) is 5.21 Å². The van der Waals surface area contributed by atoms with Crippen molar-refractivity contribution in [2.75, 3.05) is 89.4 Å². The first-order chi connectivity index (χ1) is 22.1. The third kappa shape index (κ3) is 8.30. The van der Waals surface area contributed by atoms with Gasteiger partial charge in [-0.3, -0.25) is 14.5 Å². The second kappa shape index (κ2) is 14.9. The van der Waals surface area contributed by atoms with E-state index in [1.54, 1.807) is 25.1 Å². The molecule has 0 aliphatic carbocycles. The van der Waals surface area contributed by atoms with E-state index in [2.05, 4.69) is 40.6 Å². The Labute approximate surface area is 264 Å². The van der Waals surface area contributed by atoms with E-state index in [1.807, 2.05) is 7.05 Å². The van der Waals surface area contributed by atoms with Crippen molar-refractivity contribution in [1.29, 1.82) is 0 Å². The van der Waals surface area contributed by atoms with E-state index < -0.39 is 23.2 Å². The Morgan fingerprint density at radius 3 is 2.52 bits per heavy atom. The molecule has 0 bridgehead atoms. The zero-order valence-electron chi connectivity index (χ0n) is 25.8. The standard InChI is InChI=1S/C30H38F3N9O4/c1-3-46-27-18-23(30(31,32)33)22(19-35-27)28(43)36-24-17-21(5-6-26(24)41-11-9-39(2)10-12-41)42-20-25(37-38-42)29(44)34-7-4-8-40-13-15-45-16-14-40/h5-6,17-20H,3-4,7-16H2,1-2H3,(H,34,44)(H,36,43). The molecule has 46 heavy (non-hydrogen) atoms. The van der Waals surface area contributed by atoms with Gasteiger partial charge in [-0.25, -0.2) is 9.67 Å². The largest absolute Gasteiger partial charge is 0.478 e. The molecule has 2 fully saturated rings. The van der Waals surface area contributed by atoms with Crippen LogP contribution in [-0.4, -0.2) is 121 Å². The molecule has 2 saturated heterocycles. The van der Waals surface area contributed by atoms with Crippen molar-refractivity contribution in [1.82, 2.24) is 35.1 Å². The number of carbonyl (C=O) groups is 2. The van der Waals surface area contributed by atoms with Crippen LogP contribution in [0.5, 0.6) is 5.88 Å². The number of nitrogens with one attached hydrogen (secondary N) is 2. The smallest absolute Gasteiger partial charge is 0.417 e. The van der Waals surface area contributed by atoms with E-state index in [0.29, 0.717) is 44.2 Å². The van der Waals surface area contributed by atoms with Crippen molar-refractivity contribution in [2.24, 2.45) is 0 Å². The average molecular weight is 646 g/mol. The van der Waals surface area contributed by atoms with Crippen molar-refractivity contribution in [3.05, 3.63) is 53.5 Å². The molecule has 2 aromatic heterocycles. The molecule has 0 radical (unpaired) electrons. The maximum atomic E-state index is 14.0. The van der Waals surface area contributed by atoms with Crippen LogP contribution in [0.4, 0.5) is 24.5 Å². The molecule has 3 aromatic rings. The molecule has 0 unspecified atom stereocenters. The first-order valence-corrected chi connectivity index (χ1v) is 15.2. The third-order valence-corrected chi connectivity index (χ3v) is 7.82. The fourth-order valence-corrected chi connectivity index (χ4v) is 5.27. The van der Waals surface area contributed by atoms with Crippen LogP contribution in [0.3, 0.4) is 0 Å². The van der Waals surface area contributed by atoms with E-state index in [1.165, 1.54) is 10.9 Å². The van der Waals surface area contributed by atoms with Crippen LogP contribution in [0.2, 0.25) is 0 Å². The van der Waals surface area contributed by atoms with Crippen molar-refractivity contribution in [2.45, 2.75) is 19.5 Å². The Kier molecular flexibility index (Phi) is 10.7. The molecule has 2 aliphatic rings. The molecule has 0 saturated carbocycles. The summed E-state index contributed by atoms with van der Waals surface area (Å²) in [5, 5.41) is 13.6. The van der Waals surface area contributed by atoms with Crippen LogP contribution < -0.4 is 20.3 Å². The topological polar surface area (TPSA) is 130 Å². The number of likely N-dealkylation sites (N-methyl/N-ethyl adjacent to an activating group) is 1. The molecule has 16 heteroatoms. The van der Waals surface area contributed by atoms with Gasteiger partial charge in [-0.2, -0.15) is 13.2 Å². The lowest BCUT2D eigenvalue weighted by atomic mass is 10.1. The summed E-state index contributed by atoms with van der Waals surface area (Å²) in [5.41, 5.74) is -0.324. The van der Waals surface area contributed by atoms with Crippen LogP contribution in [0, 0.1) is 0 Å². The van der Waals surface area contributed by atoms with Gasteiger partial charge < -0.3 is 29.9 Å². The van der Waals surface area contributed by atoms with Gasteiger partial charge in [0.25, 0.3) is 11.8 Å². The summed E-state index contributed by atoms with van der Waals surface area (Å²) in [4.78, 5) is 36.5. The van der Waals surface area contributed by atoms with Crippen LogP contribution in [0.15, 0.2) is 36.7 Å². The Morgan fingerprint density at radius 1 is 1.04 bits per heavy atom. The van der Waals surface area contributed by atoms with Crippen molar-refractivity contribution in [3.63, 3.8) is 0 Å². The second-order valence-electron chi connectivity index (χ2n) is 11.1. The molecule has 2 aliphatic heterocycles. The fourth-order valence-electron chi connectivity index (χ4n) is 5.27. The number of anilines is 2. The number of hydrogen-bond acceptors (Lipinski definition) is 10. The molecule has 0 spiro atoms. The van der Waals surface area contributed by atoms with Gasteiger partial charge in [-0.15, -0.1) is 5.10 Å². The lowest BCUT2D eigenvalue weighted by Crippen LogP contribution is -2.44. The van der Waals surface area contributed by atoms with Gasteiger partial charge >= 0.3 is 6.18 Å². The number of nitrogens with zero attached hydrogens (tertiary/aromatic N) is 7. The lowest BCUT2D eigenvalue weighted by Gasteiger charge is -2.35. The normalized spacial score (nSPS) is 16.3. The van der Waals surface area contributed by atoms with Crippen molar-refractivity contribution >= 4 is 23.2 Å². The monoisotopic (exact) mass is 645 g/mol. The van der Waals surface area contributed by atoms with E-state index >= 15 is 0 Å². The molecule has 0 atom stereocenters. The van der Waals surface area contributed by atoms with Gasteiger partial charge in [-0.05, 0) is 45.1 Å². The summed E-state index contributed by atoms with van der Waals surface area (Å²) in [6.45, 7) is 9.08. The minimum absolute atomic E-state index is 0.107. The lowest BCUT2D eigenvalue weighted by molar-refractivity contribution is -0.138. The molecule has 248 valence electrons. The van der Waals surface area contributed by atoms with Crippen LogP contribution >= 0.6 is 0 Å². The quantitative estimate of drug-likeness (QED) is 0.300. The van der Waals surface area contributed by atoms with Gasteiger partial charge in [0, 0.05) is 58.1 Å². The SMILES string of the molecule is CCOc1cc(C(F)(F)F)c(C(=O)Nc2cc(-n3cc(C(=O)NCCCN4CCOCC4)nn3)ccc2N2CCN(C)CC2)cn1. The number of aromatic nitrogens is 4. The number of alkyl halides is 3. The Balaban J connectivity index is 1.35. The van der Waals surface area contributed by atoms with E-state index in [0.717, 1.165) is 51.4 Å². The minimum atomic E-state index is -4.82. The number of hydrogen-bond donors (Lipinski definition) is 2. The molecule has 1 aromatic carbocycles. The molecular formula is C30H38F3N9O4. The maximum Gasteiger partial charge on any atom is 0.417 e. The van der Waals surface area contributed by atoms with Crippen LogP contribution in [0.1, 0.15) is 39.8 Å². The number of benzene rings is 1. The zero-order valence-corrected chi connectivity index (χ0v) is 25.8. The van der Waals surface area contributed by atoms with Gasteiger partial charge in [0.1, 0.15) is 0 Å². The Bertz CT molecular complexity index is 1500. The number of pyridine rings is 1. The summed E-state index contributed by atoms with van der Waals surface area (Å²) in [5.74, 6) is -1.58. The predicted molar refractivity (Wildman–Crippen MR) is 164 cm³/mol. The molecular weight excluding hydrogens is 607 g/mol. The van der Waals surface area contributed by atoms with E-state index in [9.17, 15) is 22.8 Å². The molecule has 5 rings (SSSR count). The maximum absolute atomic E-state index is 14.0. The zero-order chi connectivity index (χ0) is 32.7. The number of piperazine rings is 1. The summed E-state index contributed by atoms with van der Waals surface area (Å²) in [6.07, 6.45) is -1.71. The van der Waals surface area contributed by atoms with Crippen molar-refractivity contribution < 1.29 is 32.2 Å². The fraction of sp³-hybridized carbons (Fsp3) is 0.500. The second-order valence-corrected chi connectivity index (χ2v) is 11.1. The average Bonchev–Trinajstić information content (AvgIpc) is 3.54. The highest BCUT2D eigenvalue weighted by Crippen LogP contribution is 2.35. The number of ether oxygens (including phenoxy) is 2. The first kappa shape index (κ1) is 33.1. The summed E-state index contributed by atoms with van der Waals surface area (Å²) >= 11 is 0. The third-order valence-electron chi connectivity index (χ3n) is 7.82. The minimum Gasteiger partial charge on any atom is -0.478 e. The van der Waals surface area contributed by atoms with Gasteiger partial charge in [0.2, 0.25) is 5.88 Å². The number of amides is 2. The highest BCUT2D eigenvalue weighted by Gasteiger charge is 2.36. The van der Waals surface area contributed by atoms with E-state index in [-0.39, 0.29) is 29.8 Å². The number of carbonyl (C=O) groups excluding carboxylic acids is 2. The first-order valence-electron chi connectivity index (χ1n) is 15.2. The Morgan fingerprint density at radius 2 is 1.80 bits per heavy atom. The molecule has 2 N–H and O–H groups in total. The number of halogens is 3.